The highest BCUT2D eigenvalue weighted by atomic mass is 15.4. The Balaban J connectivity index is 1.52. The molecule has 1 aromatic carbocycles. The molecule has 0 saturated carbocycles. The van der Waals surface area contributed by atoms with E-state index < -0.39 is 0 Å². The van der Waals surface area contributed by atoms with Crippen molar-refractivity contribution in [3.8, 4) is 0 Å². The monoisotopic (exact) mass is 270 g/mol. The summed E-state index contributed by atoms with van der Waals surface area (Å²) in [6.45, 7) is 2.61. The van der Waals surface area contributed by atoms with E-state index in [-0.39, 0.29) is 0 Å². The average Bonchev–Trinajstić information content (AvgIpc) is 3.08. The summed E-state index contributed by atoms with van der Waals surface area (Å²) in [7, 11) is 1.98. The van der Waals surface area contributed by atoms with Crippen LogP contribution in [0.2, 0.25) is 0 Å². The second-order valence-corrected chi connectivity index (χ2v) is 4.78. The Morgan fingerprint density at radius 1 is 1.25 bits per heavy atom. The van der Waals surface area contributed by atoms with Crippen LogP contribution in [-0.2, 0) is 20.1 Å². The number of aromatic nitrogens is 5. The van der Waals surface area contributed by atoms with Crippen LogP contribution in [-0.4, -0.2) is 31.3 Å². The number of para-hydroxylation sites is 1. The molecule has 2 heterocycles. The summed E-state index contributed by atoms with van der Waals surface area (Å²) in [5, 5.41) is 16.9. The van der Waals surface area contributed by atoms with Gasteiger partial charge in [0.05, 0.1) is 17.4 Å². The second-order valence-electron chi connectivity index (χ2n) is 4.78. The van der Waals surface area contributed by atoms with Gasteiger partial charge in [-0.3, -0.25) is 9.36 Å². The molecule has 0 atom stereocenters. The molecule has 20 heavy (non-hydrogen) atoms. The van der Waals surface area contributed by atoms with Crippen molar-refractivity contribution in [2.75, 3.05) is 6.54 Å². The zero-order valence-corrected chi connectivity index (χ0v) is 11.5. The van der Waals surface area contributed by atoms with Crippen LogP contribution >= 0.6 is 0 Å². The molecule has 0 fully saturated rings. The van der Waals surface area contributed by atoms with E-state index in [1.54, 1.807) is 6.20 Å². The lowest BCUT2D eigenvalue weighted by atomic mass is 10.2. The minimum absolute atomic E-state index is 0.790. The Bertz CT molecular complexity index is 670. The molecule has 0 aliphatic carbocycles. The van der Waals surface area contributed by atoms with E-state index in [0.717, 1.165) is 31.7 Å². The predicted octanol–water partition coefficient (Wildman–Crippen LogP) is 1.34. The highest BCUT2D eigenvalue weighted by molar-refractivity contribution is 5.81. The maximum absolute atomic E-state index is 4.56. The fraction of sp³-hybridized carbons (Fsp3) is 0.357. The molecule has 0 spiro atoms. The van der Waals surface area contributed by atoms with Crippen molar-refractivity contribution in [1.82, 2.24) is 30.1 Å². The highest BCUT2D eigenvalue weighted by Crippen LogP contribution is 2.16. The van der Waals surface area contributed by atoms with Gasteiger partial charge in [0.25, 0.3) is 0 Å². The van der Waals surface area contributed by atoms with Gasteiger partial charge in [-0.05, 0) is 19.0 Å². The molecule has 3 aromatic rings. The Morgan fingerprint density at radius 3 is 3.00 bits per heavy atom. The Kier molecular flexibility index (Phi) is 3.73. The normalized spacial score (nSPS) is 11.2. The summed E-state index contributed by atoms with van der Waals surface area (Å²) in [4.78, 5) is 0. The van der Waals surface area contributed by atoms with Crippen molar-refractivity contribution in [3.05, 3.63) is 42.4 Å². The molecule has 0 aliphatic rings. The molecule has 104 valence electrons. The van der Waals surface area contributed by atoms with Crippen molar-refractivity contribution in [1.29, 1.82) is 0 Å². The van der Waals surface area contributed by atoms with Gasteiger partial charge >= 0.3 is 0 Å². The van der Waals surface area contributed by atoms with Gasteiger partial charge in [-0.25, -0.2) is 0 Å². The van der Waals surface area contributed by atoms with Crippen LogP contribution in [0.5, 0.6) is 0 Å². The zero-order chi connectivity index (χ0) is 13.8. The van der Waals surface area contributed by atoms with Gasteiger partial charge in [-0.1, -0.05) is 23.4 Å². The maximum Gasteiger partial charge on any atom is 0.0841 e. The number of nitrogens with zero attached hydrogens (tertiary/aromatic N) is 5. The molecule has 1 N–H and O–H groups in total. The smallest absolute Gasteiger partial charge is 0.0841 e. The average molecular weight is 270 g/mol. The molecule has 0 radical (unpaired) electrons. The van der Waals surface area contributed by atoms with E-state index in [0.29, 0.717) is 0 Å². The van der Waals surface area contributed by atoms with Crippen molar-refractivity contribution < 1.29 is 0 Å². The van der Waals surface area contributed by atoms with Crippen LogP contribution in [0.1, 0.15) is 12.1 Å². The SMILES string of the molecule is Cn1nc(CNCCCn2ccnn2)c2ccccc21. The molecule has 0 unspecified atom stereocenters. The lowest BCUT2D eigenvalue weighted by Crippen LogP contribution is -2.17. The van der Waals surface area contributed by atoms with Crippen LogP contribution < -0.4 is 5.32 Å². The fourth-order valence-corrected chi connectivity index (χ4v) is 2.34. The van der Waals surface area contributed by atoms with Crippen molar-refractivity contribution in [2.24, 2.45) is 7.05 Å². The molecule has 6 heteroatoms. The second kappa shape index (κ2) is 5.83. The summed E-state index contributed by atoms with van der Waals surface area (Å²) >= 11 is 0. The summed E-state index contributed by atoms with van der Waals surface area (Å²) in [5.41, 5.74) is 2.27. The van der Waals surface area contributed by atoms with E-state index in [1.807, 2.05) is 28.7 Å². The topological polar surface area (TPSA) is 60.6 Å². The Labute approximate surface area is 117 Å². The van der Waals surface area contributed by atoms with Gasteiger partial charge in [0.15, 0.2) is 0 Å². The van der Waals surface area contributed by atoms with Gasteiger partial charge in [-0.2, -0.15) is 5.10 Å². The van der Waals surface area contributed by atoms with Crippen LogP contribution in [0.15, 0.2) is 36.7 Å². The number of aryl methyl sites for hydroxylation is 2. The van der Waals surface area contributed by atoms with Crippen molar-refractivity contribution >= 4 is 10.9 Å². The van der Waals surface area contributed by atoms with E-state index >= 15 is 0 Å². The molecule has 2 aromatic heterocycles. The van der Waals surface area contributed by atoms with E-state index in [1.165, 1.54) is 10.9 Å². The molecular formula is C14H18N6. The van der Waals surface area contributed by atoms with Gasteiger partial charge in [-0.15, -0.1) is 5.10 Å². The number of rotatable bonds is 6. The fourth-order valence-electron chi connectivity index (χ4n) is 2.34. The van der Waals surface area contributed by atoms with Crippen LogP contribution in [0.25, 0.3) is 10.9 Å². The molecular weight excluding hydrogens is 252 g/mol. The highest BCUT2D eigenvalue weighted by Gasteiger charge is 2.06. The first-order valence-electron chi connectivity index (χ1n) is 6.80. The first-order chi connectivity index (χ1) is 9.84. The summed E-state index contributed by atoms with van der Waals surface area (Å²) in [5.74, 6) is 0. The van der Waals surface area contributed by atoms with Gasteiger partial charge < -0.3 is 5.32 Å². The van der Waals surface area contributed by atoms with Crippen molar-refractivity contribution in [3.63, 3.8) is 0 Å². The quantitative estimate of drug-likeness (QED) is 0.687. The Hall–Kier alpha value is -2.21. The molecule has 0 saturated heterocycles. The third-order valence-electron chi connectivity index (χ3n) is 3.34. The number of fused-ring (bicyclic) bond motifs is 1. The first kappa shape index (κ1) is 12.8. The predicted molar refractivity (Wildman–Crippen MR) is 77.1 cm³/mol. The largest absolute Gasteiger partial charge is 0.311 e. The van der Waals surface area contributed by atoms with Crippen LogP contribution in [0.4, 0.5) is 0 Å². The van der Waals surface area contributed by atoms with Crippen molar-refractivity contribution in [2.45, 2.75) is 19.5 Å². The van der Waals surface area contributed by atoms with Crippen LogP contribution in [0, 0.1) is 0 Å². The lowest BCUT2D eigenvalue weighted by molar-refractivity contribution is 0.527. The summed E-state index contributed by atoms with van der Waals surface area (Å²) in [6, 6.07) is 8.31. The van der Waals surface area contributed by atoms with E-state index in [4.69, 9.17) is 0 Å². The number of benzene rings is 1. The minimum atomic E-state index is 0.790. The van der Waals surface area contributed by atoms with Gasteiger partial charge in [0.1, 0.15) is 0 Å². The third-order valence-corrected chi connectivity index (χ3v) is 3.34. The lowest BCUT2D eigenvalue weighted by Gasteiger charge is -2.03. The standard InChI is InChI=1S/C14H18N6/c1-19-14-6-3-2-5-12(14)13(17-19)11-15-7-4-9-20-10-8-16-18-20/h2-3,5-6,8,10,15H,4,7,9,11H2,1H3. The molecule has 0 amide bonds. The summed E-state index contributed by atoms with van der Waals surface area (Å²) < 4.78 is 3.78. The molecule has 0 bridgehead atoms. The molecule has 3 rings (SSSR count). The van der Waals surface area contributed by atoms with Crippen LogP contribution in [0.3, 0.4) is 0 Å². The third kappa shape index (κ3) is 2.70. The number of nitrogens with one attached hydrogen (secondary N) is 1. The van der Waals surface area contributed by atoms with E-state index in [2.05, 4.69) is 38.9 Å². The molecule has 0 aliphatic heterocycles. The first-order valence-corrected chi connectivity index (χ1v) is 6.80. The van der Waals surface area contributed by atoms with E-state index in [9.17, 15) is 0 Å². The molecule has 6 nitrogen and oxygen atoms in total. The zero-order valence-electron chi connectivity index (χ0n) is 11.5. The Morgan fingerprint density at radius 2 is 2.15 bits per heavy atom. The minimum Gasteiger partial charge on any atom is -0.311 e. The van der Waals surface area contributed by atoms with Gasteiger partial charge in [0, 0.05) is 31.7 Å². The number of hydrogen-bond donors (Lipinski definition) is 1. The van der Waals surface area contributed by atoms with Gasteiger partial charge in [0.2, 0.25) is 0 Å². The maximum atomic E-state index is 4.56. The summed E-state index contributed by atoms with van der Waals surface area (Å²) in [6.07, 6.45) is 4.60. The number of hydrogen-bond acceptors (Lipinski definition) is 4.